The van der Waals surface area contributed by atoms with Gasteiger partial charge in [-0.3, -0.25) is 4.79 Å². The Bertz CT molecular complexity index is 999. The van der Waals surface area contributed by atoms with E-state index in [-0.39, 0.29) is 0 Å². The summed E-state index contributed by atoms with van der Waals surface area (Å²) in [5.41, 5.74) is 0.0914. The first-order valence-electron chi connectivity index (χ1n) is 11.0. The molecule has 0 aromatic heterocycles. The number of hydrogen-bond donors (Lipinski definition) is 1. The second kappa shape index (κ2) is 11.8. The van der Waals surface area contributed by atoms with Crippen molar-refractivity contribution in [3.05, 3.63) is 102 Å². The number of unbranched alkanes of at least 4 members (excludes halogenated alkanes) is 1. The molecule has 0 saturated heterocycles. The monoisotopic (exact) mass is 509 g/mol. The predicted octanol–water partition coefficient (Wildman–Crippen LogP) is 5.31. The number of esters is 1. The van der Waals surface area contributed by atoms with E-state index in [9.17, 15) is 14.7 Å². The summed E-state index contributed by atoms with van der Waals surface area (Å²) >= 11 is 3.42. The van der Waals surface area contributed by atoms with Gasteiger partial charge in [-0.05, 0) is 41.8 Å². The van der Waals surface area contributed by atoms with Crippen LogP contribution in [-0.4, -0.2) is 35.5 Å². The van der Waals surface area contributed by atoms with Gasteiger partial charge in [0.2, 0.25) is 0 Å². The number of halogens is 1. The van der Waals surface area contributed by atoms with Gasteiger partial charge in [0.15, 0.2) is 5.60 Å². The van der Waals surface area contributed by atoms with Crippen molar-refractivity contribution >= 4 is 33.5 Å². The molecule has 5 nitrogen and oxygen atoms in total. The molecular weight excluding hydrogens is 482 g/mol. The second-order valence-electron chi connectivity index (χ2n) is 7.62. The average Bonchev–Trinajstić information content (AvgIpc) is 2.87. The van der Waals surface area contributed by atoms with Gasteiger partial charge in [-0.1, -0.05) is 89.9 Å². The van der Waals surface area contributed by atoms with Crippen molar-refractivity contribution in [2.24, 2.45) is 0 Å². The Morgan fingerprint density at radius 2 is 1.45 bits per heavy atom. The Balaban J connectivity index is 1.96. The fourth-order valence-corrected chi connectivity index (χ4v) is 3.92. The molecule has 172 valence electrons. The SMILES string of the molecule is CCCCOC(=O)c1ccc(N(CCBr)C(=O)C(O)(c2ccccc2)c2ccccc2)cc1. The van der Waals surface area contributed by atoms with Gasteiger partial charge < -0.3 is 14.7 Å². The van der Waals surface area contributed by atoms with Crippen LogP contribution in [0.1, 0.15) is 41.3 Å². The number of nitrogens with zero attached hydrogens (tertiary/aromatic N) is 1. The van der Waals surface area contributed by atoms with Crippen molar-refractivity contribution in [1.82, 2.24) is 0 Å². The first-order valence-corrected chi connectivity index (χ1v) is 12.1. The van der Waals surface area contributed by atoms with Crippen molar-refractivity contribution in [2.75, 3.05) is 23.4 Å². The van der Waals surface area contributed by atoms with Gasteiger partial charge in [-0.2, -0.15) is 0 Å². The minimum Gasteiger partial charge on any atom is -0.462 e. The van der Waals surface area contributed by atoms with E-state index in [1.165, 1.54) is 4.90 Å². The standard InChI is InChI=1S/C27H28BrNO4/c1-2-3-20-33-25(30)21-14-16-24(17-15-21)29(19-18-28)26(31)27(32,22-10-6-4-7-11-22)23-12-8-5-9-13-23/h4-17,32H,2-3,18-20H2,1H3. The fourth-order valence-electron chi connectivity index (χ4n) is 3.57. The molecule has 0 radical (unpaired) electrons. The van der Waals surface area contributed by atoms with Crippen LogP contribution < -0.4 is 4.90 Å². The van der Waals surface area contributed by atoms with Crippen molar-refractivity contribution in [2.45, 2.75) is 25.4 Å². The molecule has 0 atom stereocenters. The van der Waals surface area contributed by atoms with Crippen LogP contribution >= 0.6 is 15.9 Å². The summed E-state index contributed by atoms with van der Waals surface area (Å²) in [5, 5.41) is 12.4. The maximum atomic E-state index is 13.9. The molecule has 33 heavy (non-hydrogen) atoms. The minimum atomic E-state index is -1.87. The zero-order valence-corrected chi connectivity index (χ0v) is 20.2. The smallest absolute Gasteiger partial charge is 0.338 e. The molecule has 0 aliphatic carbocycles. The first kappa shape index (κ1) is 24.7. The van der Waals surface area contributed by atoms with Gasteiger partial charge in [0.05, 0.1) is 12.2 Å². The summed E-state index contributed by atoms with van der Waals surface area (Å²) in [5.74, 6) is -0.865. The molecule has 6 heteroatoms. The highest BCUT2D eigenvalue weighted by atomic mass is 79.9. The molecule has 3 rings (SSSR count). The highest BCUT2D eigenvalue weighted by molar-refractivity contribution is 9.09. The molecule has 0 aliphatic heterocycles. The van der Waals surface area contributed by atoms with Gasteiger partial charge in [0.1, 0.15) is 0 Å². The van der Waals surface area contributed by atoms with E-state index < -0.39 is 17.5 Å². The molecule has 1 N–H and O–H groups in total. The number of benzene rings is 3. The van der Waals surface area contributed by atoms with E-state index >= 15 is 0 Å². The van der Waals surface area contributed by atoms with Crippen LogP contribution in [0.2, 0.25) is 0 Å². The van der Waals surface area contributed by atoms with Crippen molar-refractivity contribution in [3.8, 4) is 0 Å². The number of ether oxygens (including phenoxy) is 1. The molecule has 1 amide bonds. The maximum absolute atomic E-state index is 13.9. The van der Waals surface area contributed by atoms with Crippen molar-refractivity contribution in [1.29, 1.82) is 0 Å². The van der Waals surface area contributed by atoms with E-state index in [4.69, 9.17) is 4.74 Å². The number of anilines is 1. The summed E-state index contributed by atoms with van der Waals surface area (Å²) in [7, 11) is 0. The lowest BCUT2D eigenvalue weighted by atomic mass is 9.85. The zero-order valence-electron chi connectivity index (χ0n) is 18.6. The van der Waals surface area contributed by atoms with Crippen LogP contribution in [0.5, 0.6) is 0 Å². The molecule has 0 aliphatic rings. The molecule has 0 bridgehead atoms. The average molecular weight is 510 g/mol. The largest absolute Gasteiger partial charge is 0.462 e. The number of hydrogen-bond acceptors (Lipinski definition) is 4. The Hall–Kier alpha value is -2.96. The molecule has 3 aromatic rings. The molecule has 0 heterocycles. The second-order valence-corrected chi connectivity index (χ2v) is 8.42. The zero-order chi connectivity index (χ0) is 23.7. The predicted molar refractivity (Wildman–Crippen MR) is 134 cm³/mol. The third kappa shape index (κ3) is 5.70. The third-order valence-electron chi connectivity index (χ3n) is 5.39. The highest BCUT2D eigenvalue weighted by Gasteiger charge is 2.43. The van der Waals surface area contributed by atoms with E-state index in [2.05, 4.69) is 15.9 Å². The topological polar surface area (TPSA) is 66.8 Å². The molecule has 0 unspecified atom stereocenters. The van der Waals surface area contributed by atoms with Crippen molar-refractivity contribution in [3.63, 3.8) is 0 Å². The number of alkyl halides is 1. The molecule has 0 fully saturated rings. The molecule has 0 saturated carbocycles. The summed E-state index contributed by atoms with van der Waals surface area (Å²) in [6.07, 6.45) is 1.76. The van der Waals surface area contributed by atoms with Gasteiger partial charge in [0, 0.05) is 17.6 Å². The Kier molecular flexibility index (Phi) is 8.80. The van der Waals surface area contributed by atoms with Crippen LogP contribution in [0.15, 0.2) is 84.9 Å². The van der Waals surface area contributed by atoms with Crippen LogP contribution in [0, 0.1) is 0 Å². The molecule has 0 spiro atoms. The third-order valence-corrected chi connectivity index (χ3v) is 5.75. The Morgan fingerprint density at radius 1 is 0.909 bits per heavy atom. The van der Waals surface area contributed by atoms with Crippen LogP contribution in [0.3, 0.4) is 0 Å². The highest BCUT2D eigenvalue weighted by Crippen LogP contribution is 2.33. The number of amides is 1. The number of aliphatic hydroxyl groups is 1. The van der Waals surface area contributed by atoms with Gasteiger partial charge >= 0.3 is 5.97 Å². The first-order chi connectivity index (χ1) is 16.0. The van der Waals surface area contributed by atoms with Crippen LogP contribution in [0.4, 0.5) is 5.69 Å². The quantitative estimate of drug-likeness (QED) is 0.228. The number of carbonyl (C=O) groups is 2. The molecule has 3 aromatic carbocycles. The Labute approximate surface area is 203 Å². The number of carbonyl (C=O) groups excluding carboxylic acids is 2. The number of rotatable bonds is 10. The maximum Gasteiger partial charge on any atom is 0.338 e. The lowest BCUT2D eigenvalue weighted by molar-refractivity contribution is -0.133. The lowest BCUT2D eigenvalue weighted by Gasteiger charge is -2.34. The van der Waals surface area contributed by atoms with Gasteiger partial charge in [0.25, 0.3) is 5.91 Å². The van der Waals surface area contributed by atoms with Crippen LogP contribution in [0.25, 0.3) is 0 Å². The summed E-state index contributed by atoms with van der Waals surface area (Å²) in [6, 6.07) is 24.5. The normalized spacial score (nSPS) is 11.1. The summed E-state index contributed by atoms with van der Waals surface area (Å²) in [6.45, 7) is 2.75. The van der Waals surface area contributed by atoms with Gasteiger partial charge in [-0.15, -0.1) is 0 Å². The fraction of sp³-hybridized carbons (Fsp3) is 0.259. The minimum absolute atomic E-state index is 0.334. The van der Waals surface area contributed by atoms with Gasteiger partial charge in [-0.25, -0.2) is 4.79 Å². The Morgan fingerprint density at radius 3 is 1.94 bits per heavy atom. The molecular formula is C27H28BrNO4. The van der Waals surface area contributed by atoms with Crippen molar-refractivity contribution < 1.29 is 19.4 Å². The summed E-state index contributed by atoms with van der Waals surface area (Å²) < 4.78 is 5.27. The van der Waals surface area contributed by atoms with Crippen LogP contribution in [-0.2, 0) is 15.1 Å². The summed E-state index contributed by atoms with van der Waals surface area (Å²) in [4.78, 5) is 27.7. The van der Waals surface area contributed by atoms with E-state index in [0.717, 1.165) is 12.8 Å². The van der Waals surface area contributed by atoms with E-state index in [1.807, 2.05) is 19.1 Å². The van der Waals surface area contributed by atoms with E-state index in [0.29, 0.717) is 40.9 Å². The lowest BCUT2D eigenvalue weighted by Crippen LogP contribution is -2.48. The van der Waals surface area contributed by atoms with E-state index in [1.54, 1.807) is 72.8 Å².